The fraction of sp³-hybridized carbons (Fsp3) is 0.412. The van der Waals surface area contributed by atoms with Crippen molar-refractivity contribution in [3.05, 3.63) is 58.1 Å². The third kappa shape index (κ3) is 2.78. The van der Waals surface area contributed by atoms with Gasteiger partial charge in [-0.15, -0.1) is 0 Å². The van der Waals surface area contributed by atoms with E-state index in [1.165, 1.54) is 5.56 Å². The minimum atomic E-state index is -0.113. The summed E-state index contributed by atoms with van der Waals surface area (Å²) in [5.41, 5.74) is 2.32. The Morgan fingerprint density at radius 3 is 2.62 bits per heavy atom. The van der Waals surface area contributed by atoms with E-state index < -0.39 is 0 Å². The molecule has 2 aromatic rings. The van der Waals surface area contributed by atoms with Gasteiger partial charge in [0.1, 0.15) is 10.5 Å². The number of nitrogens with one attached hydrogen (secondary N) is 1. The van der Waals surface area contributed by atoms with Crippen molar-refractivity contribution in [2.24, 2.45) is 0 Å². The normalized spacial score (nSPS) is 17.6. The van der Waals surface area contributed by atoms with E-state index in [2.05, 4.69) is 47.2 Å². The first-order chi connectivity index (χ1) is 10.2. The molecule has 3 rings (SSSR count). The van der Waals surface area contributed by atoms with E-state index in [0.29, 0.717) is 4.64 Å². The van der Waals surface area contributed by atoms with Crippen molar-refractivity contribution < 1.29 is 4.74 Å². The Morgan fingerprint density at radius 1 is 1.24 bits per heavy atom. The zero-order valence-electron chi connectivity index (χ0n) is 12.3. The Hall–Kier alpha value is -1.52. The van der Waals surface area contributed by atoms with E-state index in [9.17, 15) is 0 Å². The predicted octanol–water partition coefficient (Wildman–Crippen LogP) is 3.80. The average Bonchev–Trinajstić information content (AvgIpc) is 2.55. The quantitative estimate of drug-likeness (QED) is 0.876. The van der Waals surface area contributed by atoms with Crippen LogP contribution in [0.4, 0.5) is 0 Å². The van der Waals surface area contributed by atoms with Crippen LogP contribution in [-0.4, -0.2) is 23.2 Å². The van der Waals surface area contributed by atoms with Crippen LogP contribution >= 0.6 is 12.2 Å². The number of benzene rings is 1. The second-order valence-electron chi connectivity index (χ2n) is 5.51. The topological polar surface area (TPSA) is 37.9 Å². The minimum absolute atomic E-state index is 0.113. The van der Waals surface area contributed by atoms with Gasteiger partial charge in [-0.1, -0.05) is 49.5 Å². The molecular weight excluding hydrogens is 280 g/mol. The lowest BCUT2D eigenvalue weighted by atomic mass is 9.73. The maximum atomic E-state index is 5.59. The summed E-state index contributed by atoms with van der Waals surface area (Å²) in [6.45, 7) is 3.64. The number of aryl methyl sites for hydroxylation is 1. The SMILES string of the molecule is CCc1cc(=S)nc(C2(c3ccccc3)CCOCC2)[nH]1. The summed E-state index contributed by atoms with van der Waals surface area (Å²) in [4.78, 5) is 8.17. The summed E-state index contributed by atoms with van der Waals surface area (Å²) in [5, 5.41) is 0. The first-order valence-corrected chi connectivity index (χ1v) is 7.89. The molecule has 0 saturated carbocycles. The lowest BCUT2D eigenvalue weighted by Gasteiger charge is -2.37. The third-order valence-corrected chi connectivity index (χ3v) is 4.51. The largest absolute Gasteiger partial charge is 0.381 e. The molecule has 0 amide bonds. The highest BCUT2D eigenvalue weighted by Crippen LogP contribution is 2.39. The lowest BCUT2D eigenvalue weighted by Crippen LogP contribution is -2.37. The summed E-state index contributed by atoms with van der Waals surface area (Å²) in [7, 11) is 0. The number of aromatic nitrogens is 2. The van der Waals surface area contributed by atoms with Crippen LogP contribution in [0.2, 0.25) is 0 Å². The van der Waals surface area contributed by atoms with Crippen LogP contribution < -0.4 is 0 Å². The maximum absolute atomic E-state index is 5.59. The standard InChI is InChI=1S/C17H20N2OS/c1-2-14-12-15(21)19-16(18-14)17(8-10-20-11-9-17)13-6-4-3-5-7-13/h3-7,12H,2,8-11H2,1H3,(H,18,19,21). The van der Waals surface area contributed by atoms with Crippen LogP contribution in [0, 0.1) is 4.64 Å². The van der Waals surface area contributed by atoms with Crippen molar-refractivity contribution in [1.82, 2.24) is 9.97 Å². The van der Waals surface area contributed by atoms with Crippen LogP contribution in [0.5, 0.6) is 0 Å². The molecule has 21 heavy (non-hydrogen) atoms. The van der Waals surface area contributed by atoms with Gasteiger partial charge in [0, 0.05) is 18.9 Å². The van der Waals surface area contributed by atoms with E-state index in [4.69, 9.17) is 17.0 Å². The van der Waals surface area contributed by atoms with Crippen LogP contribution in [-0.2, 0) is 16.6 Å². The number of rotatable bonds is 3. The molecule has 0 bridgehead atoms. The van der Waals surface area contributed by atoms with E-state index >= 15 is 0 Å². The molecule has 3 nitrogen and oxygen atoms in total. The van der Waals surface area contributed by atoms with E-state index in [-0.39, 0.29) is 5.41 Å². The first kappa shape index (κ1) is 14.4. The fourth-order valence-electron chi connectivity index (χ4n) is 3.06. The molecule has 1 N–H and O–H groups in total. The first-order valence-electron chi connectivity index (χ1n) is 7.48. The lowest BCUT2D eigenvalue weighted by molar-refractivity contribution is 0.0603. The van der Waals surface area contributed by atoms with Crippen molar-refractivity contribution in [3.63, 3.8) is 0 Å². The molecule has 2 heterocycles. The Morgan fingerprint density at radius 2 is 1.95 bits per heavy atom. The molecule has 1 saturated heterocycles. The van der Waals surface area contributed by atoms with Gasteiger partial charge in [0.15, 0.2) is 0 Å². The third-order valence-electron chi connectivity index (χ3n) is 4.31. The molecule has 1 aromatic carbocycles. The highest BCUT2D eigenvalue weighted by atomic mass is 32.1. The van der Waals surface area contributed by atoms with Gasteiger partial charge in [0.25, 0.3) is 0 Å². The highest BCUT2D eigenvalue weighted by molar-refractivity contribution is 7.71. The molecule has 0 spiro atoms. The van der Waals surface area contributed by atoms with Gasteiger partial charge < -0.3 is 9.72 Å². The molecule has 1 aliphatic heterocycles. The Balaban J connectivity index is 2.16. The van der Waals surface area contributed by atoms with Crippen LogP contribution in [0.3, 0.4) is 0 Å². The summed E-state index contributed by atoms with van der Waals surface area (Å²) in [5.74, 6) is 0.987. The molecule has 0 radical (unpaired) electrons. The van der Waals surface area contributed by atoms with E-state index in [1.807, 2.05) is 6.07 Å². The number of aromatic amines is 1. The van der Waals surface area contributed by atoms with Gasteiger partial charge in [0.05, 0.1) is 5.41 Å². The molecule has 0 aliphatic carbocycles. The van der Waals surface area contributed by atoms with Crippen LogP contribution in [0.25, 0.3) is 0 Å². The number of hydrogen-bond acceptors (Lipinski definition) is 3. The van der Waals surface area contributed by atoms with Crippen LogP contribution in [0.15, 0.2) is 36.4 Å². The minimum Gasteiger partial charge on any atom is -0.381 e. The summed E-state index contributed by atoms with van der Waals surface area (Å²) in [6.07, 6.45) is 2.80. The van der Waals surface area contributed by atoms with Gasteiger partial charge in [-0.3, -0.25) is 0 Å². The summed E-state index contributed by atoms with van der Waals surface area (Å²) >= 11 is 5.36. The maximum Gasteiger partial charge on any atom is 0.130 e. The second kappa shape index (κ2) is 6.08. The van der Waals surface area contributed by atoms with Crippen molar-refractivity contribution in [2.45, 2.75) is 31.6 Å². The van der Waals surface area contributed by atoms with E-state index in [1.54, 1.807) is 0 Å². The Labute approximate surface area is 130 Å². The molecule has 4 heteroatoms. The second-order valence-corrected chi connectivity index (χ2v) is 5.93. The number of ether oxygens (including phenoxy) is 1. The fourth-order valence-corrected chi connectivity index (χ4v) is 3.30. The van der Waals surface area contributed by atoms with Crippen molar-refractivity contribution >= 4 is 12.2 Å². The zero-order valence-corrected chi connectivity index (χ0v) is 13.1. The predicted molar refractivity (Wildman–Crippen MR) is 86.1 cm³/mol. The van der Waals surface area contributed by atoms with Crippen molar-refractivity contribution in [3.8, 4) is 0 Å². The van der Waals surface area contributed by atoms with Crippen molar-refractivity contribution in [1.29, 1.82) is 0 Å². The Kier molecular flexibility index (Phi) is 4.17. The van der Waals surface area contributed by atoms with Gasteiger partial charge in [0.2, 0.25) is 0 Å². The monoisotopic (exact) mass is 300 g/mol. The number of hydrogen-bond donors (Lipinski definition) is 1. The van der Waals surface area contributed by atoms with Gasteiger partial charge in [-0.05, 0) is 30.9 Å². The summed E-state index contributed by atoms with van der Waals surface area (Å²) < 4.78 is 6.26. The molecule has 1 aliphatic rings. The average molecular weight is 300 g/mol. The molecular formula is C17H20N2OS. The van der Waals surface area contributed by atoms with Crippen LogP contribution in [0.1, 0.15) is 36.8 Å². The van der Waals surface area contributed by atoms with Crippen molar-refractivity contribution in [2.75, 3.05) is 13.2 Å². The summed E-state index contributed by atoms with van der Waals surface area (Å²) in [6, 6.07) is 12.5. The number of nitrogens with zero attached hydrogens (tertiary/aromatic N) is 1. The van der Waals surface area contributed by atoms with Gasteiger partial charge >= 0.3 is 0 Å². The molecule has 0 unspecified atom stereocenters. The number of H-pyrrole nitrogens is 1. The molecule has 110 valence electrons. The molecule has 1 aromatic heterocycles. The Bertz CT molecular complexity index is 660. The highest BCUT2D eigenvalue weighted by Gasteiger charge is 2.38. The molecule has 0 atom stereocenters. The zero-order chi connectivity index (χ0) is 14.7. The molecule has 1 fully saturated rings. The van der Waals surface area contributed by atoms with E-state index in [0.717, 1.165) is 44.0 Å². The smallest absolute Gasteiger partial charge is 0.130 e. The van der Waals surface area contributed by atoms with Gasteiger partial charge in [-0.2, -0.15) is 0 Å². The van der Waals surface area contributed by atoms with Gasteiger partial charge in [-0.25, -0.2) is 4.98 Å².